The summed E-state index contributed by atoms with van der Waals surface area (Å²) in [6, 6.07) is 10.2. The van der Waals surface area contributed by atoms with E-state index in [1.54, 1.807) is 12.2 Å². The highest BCUT2D eigenvalue weighted by Crippen LogP contribution is 2.00. The highest BCUT2D eigenvalue weighted by atomic mass is 16.2. The molecule has 1 heteroatoms. The van der Waals surface area contributed by atoms with Crippen LogP contribution < -0.4 is 0 Å². The predicted molar refractivity (Wildman–Crippen MR) is 74.7 cm³/mol. The molecule has 0 saturated heterocycles. The normalized spacial score (nSPS) is 12.9. The molecule has 0 aliphatic rings. The maximum absolute atomic E-state index is 8.37. The molecule has 1 aromatic rings. The van der Waals surface area contributed by atoms with Gasteiger partial charge in [0.15, 0.2) is 0 Å². The molecule has 0 aliphatic carbocycles. The second kappa shape index (κ2) is 8.98. The van der Waals surface area contributed by atoms with Gasteiger partial charge >= 0.3 is 0 Å². The topological polar surface area (TPSA) is 20.2 Å². The third kappa shape index (κ3) is 6.74. The summed E-state index contributed by atoms with van der Waals surface area (Å²) in [6.07, 6.45) is 18.0. The second-order valence-corrected chi connectivity index (χ2v) is 3.27. The molecule has 0 aromatic heterocycles. The van der Waals surface area contributed by atoms with Crippen molar-refractivity contribution in [1.82, 2.24) is 0 Å². The lowest BCUT2D eigenvalue weighted by Gasteiger charge is -1.87. The molecule has 0 amide bonds. The summed E-state index contributed by atoms with van der Waals surface area (Å²) >= 11 is 0. The zero-order valence-corrected chi connectivity index (χ0v) is 9.61. The lowest BCUT2D eigenvalue weighted by molar-refractivity contribution is 0.474. The van der Waals surface area contributed by atoms with E-state index in [1.807, 2.05) is 54.7 Å². The number of hydrogen-bond acceptors (Lipinski definition) is 1. The van der Waals surface area contributed by atoms with E-state index in [-0.39, 0.29) is 0 Å². The zero-order chi connectivity index (χ0) is 12.2. The Morgan fingerprint density at radius 3 is 1.76 bits per heavy atom. The molecule has 86 valence electrons. The van der Waals surface area contributed by atoms with E-state index in [0.29, 0.717) is 0 Å². The van der Waals surface area contributed by atoms with Gasteiger partial charge in [-0.25, -0.2) is 0 Å². The van der Waals surface area contributed by atoms with Crippen molar-refractivity contribution < 1.29 is 5.11 Å². The Labute approximate surface area is 102 Å². The van der Waals surface area contributed by atoms with Gasteiger partial charge < -0.3 is 5.11 Å². The van der Waals surface area contributed by atoms with E-state index >= 15 is 0 Å². The molecule has 17 heavy (non-hydrogen) atoms. The monoisotopic (exact) mass is 224 g/mol. The van der Waals surface area contributed by atoms with Crippen LogP contribution in [0.3, 0.4) is 0 Å². The number of rotatable bonds is 5. The van der Waals surface area contributed by atoms with Crippen LogP contribution in [0.1, 0.15) is 5.56 Å². The zero-order valence-electron chi connectivity index (χ0n) is 9.61. The van der Waals surface area contributed by atoms with Gasteiger partial charge in [-0.15, -0.1) is 0 Å². The van der Waals surface area contributed by atoms with Crippen LogP contribution in [0, 0.1) is 0 Å². The van der Waals surface area contributed by atoms with Gasteiger partial charge in [-0.1, -0.05) is 78.9 Å². The van der Waals surface area contributed by atoms with Crippen LogP contribution in [0.5, 0.6) is 0 Å². The van der Waals surface area contributed by atoms with Crippen molar-refractivity contribution in [3.8, 4) is 0 Å². The Morgan fingerprint density at radius 2 is 1.18 bits per heavy atom. The lowest BCUT2D eigenvalue weighted by atomic mass is 10.2. The Hall–Kier alpha value is -2.28. The standard InChI is InChI=1S/C16H16O/c17-15-11-6-4-2-1-3-5-8-12-16-13-9-7-10-14-16/h1-15,17H/b2-1+,5-3+,6-4+,12-8+,15-11+. The van der Waals surface area contributed by atoms with Crippen LogP contribution in [0.2, 0.25) is 0 Å². The van der Waals surface area contributed by atoms with Gasteiger partial charge in [0.25, 0.3) is 0 Å². The summed E-state index contributed by atoms with van der Waals surface area (Å²) in [5, 5.41) is 8.37. The van der Waals surface area contributed by atoms with Gasteiger partial charge in [0.1, 0.15) is 0 Å². The maximum Gasteiger partial charge on any atom is 0.0791 e. The molecule has 0 heterocycles. The summed E-state index contributed by atoms with van der Waals surface area (Å²) in [6.45, 7) is 0. The van der Waals surface area contributed by atoms with Crippen LogP contribution in [0.15, 0.2) is 85.2 Å². The maximum atomic E-state index is 8.37. The van der Waals surface area contributed by atoms with Crippen molar-refractivity contribution in [2.45, 2.75) is 0 Å². The summed E-state index contributed by atoms with van der Waals surface area (Å²) in [5.74, 6) is 0. The number of benzene rings is 1. The van der Waals surface area contributed by atoms with Crippen molar-refractivity contribution in [3.63, 3.8) is 0 Å². The summed E-state index contributed by atoms with van der Waals surface area (Å²) in [4.78, 5) is 0. The molecule has 0 aliphatic heterocycles. The molecule has 0 unspecified atom stereocenters. The third-order valence-corrected chi connectivity index (χ3v) is 1.95. The molecular weight excluding hydrogens is 208 g/mol. The molecule has 0 bridgehead atoms. The van der Waals surface area contributed by atoms with Crippen molar-refractivity contribution >= 4 is 6.08 Å². The minimum Gasteiger partial charge on any atom is -0.516 e. The Balaban J connectivity index is 2.33. The average molecular weight is 224 g/mol. The molecule has 1 N–H and O–H groups in total. The molecule has 1 aromatic carbocycles. The SMILES string of the molecule is O/C=C/C=C/C=C/C=C/C=C/c1ccccc1. The number of hydrogen-bond donors (Lipinski definition) is 1. The Kier molecular flexibility index (Phi) is 6.76. The molecule has 0 spiro atoms. The van der Waals surface area contributed by atoms with Crippen molar-refractivity contribution in [1.29, 1.82) is 0 Å². The number of aliphatic hydroxyl groups excluding tert-OH is 1. The third-order valence-electron chi connectivity index (χ3n) is 1.95. The van der Waals surface area contributed by atoms with E-state index in [9.17, 15) is 0 Å². The van der Waals surface area contributed by atoms with Crippen LogP contribution in [-0.4, -0.2) is 5.11 Å². The van der Waals surface area contributed by atoms with Crippen molar-refractivity contribution in [2.75, 3.05) is 0 Å². The smallest absolute Gasteiger partial charge is 0.0791 e. The quantitative estimate of drug-likeness (QED) is 0.579. The number of aliphatic hydroxyl groups is 1. The van der Waals surface area contributed by atoms with E-state index in [2.05, 4.69) is 18.2 Å². The van der Waals surface area contributed by atoms with Crippen molar-refractivity contribution in [3.05, 3.63) is 90.8 Å². The molecule has 0 saturated carbocycles. The van der Waals surface area contributed by atoms with Crippen LogP contribution in [0.4, 0.5) is 0 Å². The van der Waals surface area contributed by atoms with Gasteiger partial charge in [-0.05, 0) is 11.6 Å². The van der Waals surface area contributed by atoms with Gasteiger partial charge in [0, 0.05) is 0 Å². The highest BCUT2D eigenvalue weighted by molar-refractivity contribution is 5.50. The molecular formula is C16H16O. The fourth-order valence-electron chi connectivity index (χ4n) is 1.17. The highest BCUT2D eigenvalue weighted by Gasteiger charge is 1.78. The second-order valence-electron chi connectivity index (χ2n) is 3.27. The first-order chi connectivity index (χ1) is 8.43. The van der Waals surface area contributed by atoms with Crippen molar-refractivity contribution in [2.24, 2.45) is 0 Å². The summed E-state index contributed by atoms with van der Waals surface area (Å²) < 4.78 is 0. The van der Waals surface area contributed by atoms with Gasteiger partial charge in [-0.2, -0.15) is 0 Å². The number of allylic oxidation sites excluding steroid dienone is 8. The molecule has 1 rings (SSSR count). The van der Waals surface area contributed by atoms with E-state index in [0.717, 1.165) is 6.26 Å². The summed E-state index contributed by atoms with van der Waals surface area (Å²) in [5.41, 5.74) is 1.19. The van der Waals surface area contributed by atoms with Gasteiger partial charge in [-0.3, -0.25) is 0 Å². The largest absolute Gasteiger partial charge is 0.516 e. The minimum atomic E-state index is 1.00. The fourth-order valence-corrected chi connectivity index (χ4v) is 1.17. The molecule has 1 nitrogen and oxygen atoms in total. The lowest BCUT2D eigenvalue weighted by Crippen LogP contribution is -1.66. The average Bonchev–Trinajstić information content (AvgIpc) is 2.38. The molecule has 0 atom stereocenters. The Bertz CT molecular complexity index is 434. The first kappa shape index (κ1) is 12.8. The van der Waals surface area contributed by atoms with E-state index in [1.165, 1.54) is 5.56 Å². The molecule has 0 radical (unpaired) electrons. The first-order valence-electron chi connectivity index (χ1n) is 5.46. The van der Waals surface area contributed by atoms with E-state index < -0.39 is 0 Å². The van der Waals surface area contributed by atoms with Crippen LogP contribution >= 0.6 is 0 Å². The predicted octanol–water partition coefficient (Wildman–Crippen LogP) is 4.44. The van der Waals surface area contributed by atoms with E-state index in [4.69, 9.17) is 5.11 Å². The van der Waals surface area contributed by atoms with Gasteiger partial charge in [0.2, 0.25) is 0 Å². The molecule has 0 fully saturated rings. The van der Waals surface area contributed by atoms with Crippen LogP contribution in [0.25, 0.3) is 6.08 Å². The van der Waals surface area contributed by atoms with Crippen LogP contribution in [-0.2, 0) is 0 Å². The summed E-state index contributed by atoms with van der Waals surface area (Å²) in [7, 11) is 0. The Morgan fingerprint density at radius 1 is 0.647 bits per heavy atom. The fraction of sp³-hybridized carbons (Fsp3) is 0. The first-order valence-corrected chi connectivity index (χ1v) is 5.46. The minimum absolute atomic E-state index is 1.00. The van der Waals surface area contributed by atoms with Gasteiger partial charge in [0.05, 0.1) is 6.26 Å².